The molecule has 0 aliphatic carbocycles. The number of nitrogens with one attached hydrogen (secondary N) is 1. The van der Waals surface area contributed by atoms with Gasteiger partial charge < -0.3 is 10.7 Å². The monoisotopic (exact) mass is 314 g/mol. The molecule has 0 radical (unpaired) electrons. The third kappa shape index (κ3) is 2.17. The fourth-order valence-electron chi connectivity index (χ4n) is 3.47. The fourth-order valence-corrected chi connectivity index (χ4v) is 3.47. The van der Waals surface area contributed by atoms with Gasteiger partial charge in [0, 0.05) is 27.8 Å². The summed E-state index contributed by atoms with van der Waals surface area (Å²) >= 11 is 0. The summed E-state index contributed by atoms with van der Waals surface area (Å²) in [4.78, 5) is 15.4. The highest BCUT2D eigenvalue weighted by molar-refractivity contribution is 6.18. The van der Waals surface area contributed by atoms with Crippen LogP contribution in [0.5, 0.6) is 0 Å². The second kappa shape index (κ2) is 5.53. The molecule has 3 nitrogen and oxygen atoms in total. The van der Waals surface area contributed by atoms with Gasteiger partial charge in [0.1, 0.15) is 0 Å². The van der Waals surface area contributed by atoms with Gasteiger partial charge in [-0.2, -0.15) is 0 Å². The van der Waals surface area contributed by atoms with Crippen LogP contribution in [-0.2, 0) is 0 Å². The van der Waals surface area contributed by atoms with Crippen LogP contribution in [0.15, 0.2) is 66.7 Å². The maximum Gasteiger partial charge on any atom is 0.249 e. The van der Waals surface area contributed by atoms with Crippen LogP contribution < -0.4 is 5.73 Å². The predicted molar refractivity (Wildman–Crippen MR) is 98.3 cm³/mol. The maximum absolute atomic E-state index is 11.9. The van der Waals surface area contributed by atoms with Crippen LogP contribution in [0.2, 0.25) is 0 Å². The van der Waals surface area contributed by atoms with Gasteiger partial charge in [0.15, 0.2) is 0 Å². The largest absolute Gasteiger partial charge is 0.366 e. The first-order valence-electron chi connectivity index (χ1n) is 8.05. The van der Waals surface area contributed by atoms with E-state index in [1.807, 2.05) is 54.6 Å². The van der Waals surface area contributed by atoms with Gasteiger partial charge in [0.25, 0.3) is 0 Å². The Labute approximate surface area is 140 Å². The van der Waals surface area contributed by atoms with E-state index in [-0.39, 0.29) is 5.92 Å². The summed E-state index contributed by atoms with van der Waals surface area (Å²) in [5.74, 6) is -0.188. The molecule has 0 aliphatic rings. The van der Waals surface area contributed by atoms with E-state index >= 15 is 0 Å². The summed E-state index contributed by atoms with van der Waals surface area (Å²) in [6.07, 6.45) is 0. The van der Waals surface area contributed by atoms with Crippen LogP contribution in [0.4, 0.5) is 0 Å². The van der Waals surface area contributed by atoms with Crippen molar-refractivity contribution in [3.8, 4) is 0 Å². The molecule has 0 saturated carbocycles. The molecular weight excluding hydrogens is 296 g/mol. The highest BCUT2D eigenvalue weighted by Gasteiger charge is 2.19. The van der Waals surface area contributed by atoms with Gasteiger partial charge in [-0.3, -0.25) is 4.79 Å². The summed E-state index contributed by atoms with van der Waals surface area (Å²) in [5.41, 5.74) is 10.6. The Kier molecular flexibility index (Phi) is 3.35. The number of rotatable bonds is 3. The molecule has 1 aromatic heterocycles. The lowest BCUT2D eigenvalue weighted by Crippen LogP contribution is -2.12. The lowest BCUT2D eigenvalue weighted by Gasteiger charge is -2.14. The highest BCUT2D eigenvalue weighted by Crippen LogP contribution is 2.35. The third-order valence-electron chi connectivity index (χ3n) is 4.73. The summed E-state index contributed by atoms with van der Waals surface area (Å²) in [7, 11) is 0. The Morgan fingerprint density at radius 2 is 1.67 bits per heavy atom. The molecule has 24 heavy (non-hydrogen) atoms. The zero-order valence-corrected chi connectivity index (χ0v) is 13.4. The van der Waals surface area contributed by atoms with Crippen LogP contribution >= 0.6 is 0 Å². The highest BCUT2D eigenvalue weighted by atomic mass is 16.1. The first-order chi connectivity index (χ1) is 11.7. The van der Waals surface area contributed by atoms with E-state index in [4.69, 9.17) is 5.73 Å². The van der Waals surface area contributed by atoms with Crippen molar-refractivity contribution in [2.75, 3.05) is 0 Å². The van der Waals surface area contributed by atoms with E-state index in [1.165, 1.54) is 5.56 Å². The van der Waals surface area contributed by atoms with Gasteiger partial charge in [0.05, 0.1) is 5.52 Å². The second-order valence-electron chi connectivity index (χ2n) is 6.12. The molecule has 3 aromatic carbocycles. The Morgan fingerprint density at radius 3 is 2.42 bits per heavy atom. The van der Waals surface area contributed by atoms with Gasteiger partial charge in [-0.15, -0.1) is 0 Å². The Hall–Kier alpha value is -3.07. The van der Waals surface area contributed by atoms with E-state index in [9.17, 15) is 4.79 Å². The van der Waals surface area contributed by atoms with Crippen molar-refractivity contribution in [1.82, 2.24) is 4.98 Å². The number of fused-ring (bicyclic) bond motifs is 3. The van der Waals surface area contributed by atoms with Gasteiger partial charge in [-0.05, 0) is 23.3 Å². The number of hydrogen-bond acceptors (Lipinski definition) is 1. The average molecular weight is 314 g/mol. The van der Waals surface area contributed by atoms with Gasteiger partial charge >= 0.3 is 0 Å². The second-order valence-corrected chi connectivity index (χ2v) is 6.12. The molecule has 1 unspecified atom stereocenters. The Morgan fingerprint density at radius 1 is 0.958 bits per heavy atom. The molecule has 0 bridgehead atoms. The smallest absolute Gasteiger partial charge is 0.249 e. The van der Waals surface area contributed by atoms with Crippen LogP contribution in [-0.4, -0.2) is 10.9 Å². The lowest BCUT2D eigenvalue weighted by atomic mass is 9.90. The number of H-pyrrole nitrogens is 1. The first kappa shape index (κ1) is 14.5. The van der Waals surface area contributed by atoms with Crippen molar-refractivity contribution in [3.05, 3.63) is 83.4 Å². The molecule has 3 N–H and O–H groups in total. The number of hydrogen-bond donors (Lipinski definition) is 2. The summed E-state index contributed by atoms with van der Waals surface area (Å²) in [6.45, 7) is 2.18. The normalized spacial score (nSPS) is 12.5. The van der Waals surface area contributed by atoms with Crippen molar-refractivity contribution in [2.45, 2.75) is 12.8 Å². The molecule has 1 atom stereocenters. The number of benzene rings is 3. The van der Waals surface area contributed by atoms with E-state index in [2.05, 4.69) is 24.0 Å². The molecule has 0 saturated heterocycles. The SMILES string of the molecule is CC(c1ccccc1)c1ccc(C(N)=O)c2c1[nH]c1ccccc12. The number of para-hydroxylation sites is 1. The molecule has 1 heterocycles. The van der Waals surface area contributed by atoms with Crippen LogP contribution in [0, 0.1) is 0 Å². The van der Waals surface area contributed by atoms with Crippen LogP contribution in [0.25, 0.3) is 21.8 Å². The van der Waals surface area contributed by atoms with Crippen molar-refractivity contribution >= 4 is 27.7 Å². The number of nitrogens with two attached hydrogens (primary N) is 1. The topological polar surface area (TPSA) is 58.9 Å². The molecule has 1 amide bonds. The standard InChI is InChI=1S/C21H18N2O/c1-13(14-7-3-2-4-8-14)15-11-12-17(21(22)24)19-16-9-5-6-10-18(16)23-20(15)19/h2-13,23H,1H3,(H2,22,24). The molecule has 3 heteroatoms. The molecule has 118 valence electrons. The quantitative estimate of drug-likeness (QED) is 0.571. The molecule has 4 rings (SSSR count). The number of aromatic amines is 1. The lowest BCUT2D eigenvalue weighted by molar-refractivity contribution is 0.100. The predicted octanol–water partition coefficient (Wildman–Crippen LogP) is 4.57. The summed E-state index contributed by atoms with van der Waals surface area (Å²) in [6, 6.07) is 22.2. The number of carbonyl (C=O) groups excluding carboxylic acids is 1. The number of primary amides is 1. The van der Waals surface area contributed by atoms with Gasteiger partial charge in [0.2, 0.25) is 5.91 Å². The van der Waals surface area contributed by atoms with Gasteiger partial charge in [-0.1, -0.05) is 61.5 Å². The molecule has 4 aromatic rings. The summed E-state index contributed by atoms with van der Waals surface area (Å²) in [5, 5.41) is 1.95. The zero-order chi connectivity index (χ0) is 16.7. The minimum atomic E-state index is -0.399. The van der Waals surface area contributed by atoms with Crippen molar-refractivity contribution in [3.63, 3.8) is 0 Å². The van der Waals surface area contributed by atoms with Crippen molar-refractivity contribution in [1.29, 1.82) is 0 Å². The first-order valence-corrected chi connectivity index (χ1v) is 8.05. The van der Waals surface area contributed by atoms with Crippen LogP contribution in [0.1, 0.15) is 34.3 Å². The Bertz CT molecular complexity index is 1050. The van der Waals surface area contributed by atoms with Crippen LogP contribution in [0.3, 0.4) is 0 Å². The van der Waals surface area contributed by atoms with E-state index in [1.54, 1.807) is 0 Å². The molecule has 0 fully saturated rings. The van der Waals surface area contributed by atoms with Crippen molar-refractivity contribution in [2.24, 2.45) is 5.73 Å². The van der Waals surface area contributed by atoms with E-state index in [0.29, 0.717) is 5.56 Å². The van der Waals surface area contributed by atoms with Gasteiger partial charge in [-0.25, -0.2) is 0 Å². The van der Waals surface area contributed by atoms with E-state index < -0.39 is 5.91 Å². The summed E-state index contributed by atoms with van der Waals surface area (Å²) < 4.78 is 0. The maximum atomic E-state index is 11.9. The number of aromatic nitrogens is 1. The minimum absolute atomic E-state index is 0.212. The zero-order valence-electron chi connectivity index (χ0n) is 13.4. The molecule has 0 aliphatic heterocycles. The Balaban J connectivity index is 2.04. The average Bonchev–Trinajstić information content (AvgIpc) is 3.00. The third-order valence-corrected chi connectivity index (χ3v) is 4.73. The van der Waals surface area contributed by atoms with Crippen molar-refractivity contribution < 1.29 is 4.79 Å². The minimum Gasteiger partial charge on any atom is -0.366 e. The number of carbonyl (C=O) groups is 1. The van der Waals surface area contributed by atoms with E-state index in [0.717, 1.165) is 27.4 Å². The molecule has 0 spiro atoms. The molecular formula is C21H18N2O. The number of amides is 1. The fraction of sp³-hybridized carbons (Fsp3) is 0.0952.